The van der Waals surface area contributed by atoms with Gasteiger partial charge in [0, 0.05) is 44.5 Å². The first-order valence-electron chi connectivity index (χ1n) is 10.00. The molecular formula is C22H24FN5O2S. The average molecular weight is 442 g/mol. The molecule has 1 aromatic heterocycles. The van der Waals surface area contributed by atoms with Crippen LogP contribution in [0, 0.1) is 5.82 Å². The zero-order valence-corrected chi connectivity index (χ0v) is 18.3. The Morgan fingerprint density at radius 2 is 1.71 bits per heavy atom. The molecule has 3 aromatic rings. The van der Waals surface area contributed by atoms with Crippen molar-refractivity contribution >= 4 is 23.4 Å². The Morgan fingerprint density at radius 1 is 1.03 bits per heavy atom. The van der Waals surface area contributed by atoms with Crippen molar-refractivity contribution in [2.75, 3.05) is 43.9 Å². The van der Waals surface area contributed by atoms with Crippen LogP contribution >= 0.6 is 11.8 Å². The Kier molecular flexibility index (Phi) is 6.41. The second-order valence-electron chi connectivity index (χ2n) is 7.23. The van der Waals surface area contributed by atoms with Gasteiger partial charge in [0.1, 0.15) is 11.6 Å². The molecule has 0 saturated carbocycles. The molecule has 0 radical (unpaired) electrons. The number of halogens is 1. The van der Waals surface area contributed by atoms with Crippen molar-refractivity contribution in [3.05, 3.63) is 54.3 Å². The third-order valence-electron chi connectivity index (χ3n) is 5.33. The maximum atomic E-state index is 13.1. The van der Waals surface area contributed by atoms with Gasteiger partial charge in [-0.1, -0.05) is 11.8 Å². The van der Waals surface area contributed by atoms with Crippen LogP contribution in [0.25, 0.3) is 11.4 Å². The first-order valence-corrected chi connectivity index (χ1v) is 11.0. The predicted molar refractivity (Wildman–Crippen MR) is 119 cm³/mol. The number of benzene rings is 2. The molecule has 1 fully saturated rings. The van der Waals surface area contributed by atoms with Gasteiger partial charge >= 0.3 is 0 Å². The number of carbonyl (C=O) groups is 1. The van der Waals surface area contributed by atoms with Gasteiger partial charge in [-0.25, -0.2) is 4.39 Å². The van der Waals surface area contributed by atoms with Crippen molar-refractivity contribution in [3.63, 3.8) is 0 Å². The van der Waals surface area contributed by atoms with Gasteiger partial charge in [0.2, 0.25) is 5.91 Å². The summed E-state index contributed by atoms with van der Waals surface area (Å²) in [5, 5.41) is 9.04. The van der Waals surface area contributed by atoms with Crippen LogP contribution in [0.1, 0.15) is 0 Å². The third kappa shape index (κ3) is 4.82. The monoisotopic (exact) mass is 441 g/mol. The van der Waals surface area contributed by atoms with Crippen LogP contribution in [0.5, 0.6) is 5.75 Å². The molecule has 9 heteroatoms. The molecule has 162 valence electrons. The summed E-state index contributed by atoms with van der Waals surface area (Å²) < 4.78 is 20.2. The lowest BCUT2D eigenvalue weighted by atomic mass is 10.2. The summed E-state index contributed by atoms with van der Waals surface area (Å²) in [5.41, 5.74) is 1.92. The number of piperazine rings is 1. The van der Waals surface area contributed by atoms with Crippen LogP contribution < -0.4 is 9.64 Å². The number of methoxy groups -OCH3 is 1. The molecule has 0 bridgehead atoms. The first kappa shape index (κ1) is 21.2. The van der Waals surface area contributed by atoms with E-state index in [0.717, 1.165) is 30.1 Å². The number of amides is 1. The lowest BCUT2D eigenvalue weighted by molar-refractivity contribution is -0.128. The van der Waals surface area contributed by atoms with Gasteiger partial charge in [-0.3, -0.25) is 4.79 Å². The van der Waals surface area contributed by atoms with E-state index in [4.69, 9.17) is 4.74 Å². The van der Waals surface area contributed by atoms with Crippen molar-refractivity contribution in [1.29, 1.82) is 0 Å². The molecule has 1 saturated heterocycles. The van der Waals surface area contributed by atoms with Gasteiger partial charge < -0.3 is 19.1 Å². The zero-order valence-electron chi connectivity index (χ0n) is 17.5. The van der Waals surface area contributed by atoms with Crippen LogP contribution in [-0.2, 0) is 11.8 Å². The summed E-state index contributed by atoms with van der Waals surface area (Å²) in [6.07, 6.45) is 0. The minimum Gasteiger partial charge on any atom is -0.497 e. The predicted octanol–water partition coefficient (Wildman–Crippen LogP) is 3.07. The summed E-state index contributed by atoms with van der Waals surface area (Å²) in [6, 6.07) is 14.1. The van der Waals surface area contributed by atoms with E-state index in [1.165, 1.54) is 23.9 Å². The van der Waals surface area contributed by atoms with E-state index in [9.17, 15) is 9.18 Å². The second kappa shape index (κ2) is 9.38. The van der Waals surface area contributed by atoms with Crippen LogP contribution in [-0.4, -0.2) is 64.6 Å². The number of hydrogen-bond donors (Lipinski definition) is 0. The highest BCUT2D eigenvalue weighted by molar-refractivity contribution is 7.99. The number of aromatic nitrogens is 3. The highest BCUT2D eigenvalue weighted by atomic mass is 32.2. The van der Waals surface area contributed by atoms with Crippen LogP contribution in [0.2, 0.25) is 0 Å². The van der Waals surface area contributed by atoms with Crippen molar-refractivity contribution in [3.8, 4) is 17.1 Å². The van der Waals surface area contributed by atoms with E-state index in [1.807, 2.05) is 40.8 Å². The largest absolute Gasteiger partial charge is 0.497 e. The number of nitrogens with zero attached hydrogens (tertiary/aromatic N) is 5. The van der Waals surface area contributed by atoms with Gasteiger partial charge in [-0.2, -0.15) is 0 Å². The van der Waals surface area contributed by atoms with E-state index in [-0.39, 0.29) is 11.7 Å². The SMILES string of the molecule is COc1ccc(N2CCN(C(=O)CSc3nnc(-c4ccc(F)cc4)n3C)CC2)cc1. The van der Waals surface area contributed by atoms with Crippen molar-refractivity contribution < 1.29 is 13.9 Å². The molecule has 0 aliphatic carbocycles. The smallest absolute Gasteiger partial charge is 0.233 e. The Bertz CT molecular complexity index is 1030. The van der Waals surface area contributed by atoms with Crippen molar-refractivity contribution in [1.82, 2.24) is 19.7 Å². The molecule has 1 amide bonds. The second-order valence-corrected chi connectivity index (χ2v) is 8.17. The summed E-state index contributed by atoms with van der Waals surface area (Å²) in [7, 11) is 3.50. The quantitative estimate of drug-likeness (QED) is 0.548. The molecule has 4 rings (SSSR count). The van der Waals surface area contributed by atoms with Gasteiger partial charge in [0.25, 0.3) is 0 Å². The molecule has 7 nitrogen and oxygen atoms in total. The molecule has 2 heterocycles. The van der Waals surface area contributed by atoms with Crippen LogP contribution in [0.4, 0.5) is 10.1 Å². The van der Waals surface area contributed by atoms with Gasteiger partial charge in [-0.05, 0) is 48.5 Å². The number of anilines is 1. The number of thioether (sulfide) groups is 1. The molecule has 1 aliphatic rings. The molecule has 0 N–H and O–H groups in total. The van der Waals surface area contributed by atoms with E-state index in [0.29, 0.717) is 29.8 Å². The number of rotatable bonds is 6. The van der Waals surface area contributed by atoms with E-state index < -0.39 is 0 Å². The highest BCUT2D eigenvalue weighted by Crippen LogP contribution is 2.24. The maximum Gasteiger partial charge on any atom is 0.233 e. The topological polar surface area (TPSA) is 63.5 Å². The Labute approximate surface area is 184 Å². The zero-order chi connectivity index (χ0) is 21.8. The lowest BCUT2D eigenvalue weighted by Gasteiger charge is -2.36. The molecule has 1 aliphatic heterocycles. The highest BCUT2D eigenvalue weighted by Gasteiger charge is 2.22. The normalized spacial score (nSPS) is 14.0. The summed E-state index contributed by atoms with van der Waals surface area (Å²) >= 11 is 1.37. The Balaban J connectivity index is 1.30. The summed E-state index contributed by atoms with van der Waals surface area (Å²) in [4.78, 5) is 16.9. The maximum absolute atomic E-state index is 13.1. The lowest BCUT2D eigenvalue weighted by Crippen LogP contribution is -2.49. The molecule has 0 spiro atoms. The van der Waals surface area contributed by atoms with E-state index in [1.54, 1.807) is 19.2 Å². The Hall–Kier alpha value is -3.07. The minimum atomic E-state index is -0.293. The standard InChI is InChI=1S/C22H24FN5O2S/c1-26-21(16-3-5-17(23)6-4-16)24-25-22(26)31-15-20(29)28-13-11-27(12-14-28)18-7-9-19(30-2)10-8-18/h3-10H,11-15H2,1-2H3. The third-order valence-corrected chi connectivity index (χ3v) is 6.34. The van der Waals surface area contributed by atoms with Gasteiger partial charge in [0.05, 0.1) is 12.9 Å². The summed E-state index contributed by atoms with van der Waals surface area (Å²) in [6.45, 7) is 2.96. The number of hydrogen-bond acceptors (Lipinski definition) is 6. The van der Waals surface area contributed by atoms with Crippen LogP contribution in [0.15, 0.2) is 53.7 Å². The molecule has 0 atom stereocenters. The molecule has 31 heavy (non-hydrogen) atoms. The molecule has 2 aromatic carbocycles. The van der Waals surface area contributed by atoms with Gasteiger partial charge in [-0.15, -0.1) is 10.2 Å². The van der Waals surface area contributed by atoms with Crippen LogP contribution in [0.3, 0.4) is 0 Å². The molecule has 0 unspecified atom stereocenters. The first-order chi connectivity index (χ1) is 15.0. The fourth-order valence-electron chi connectivity index (χ4n) is 3.52. The van der Waals surface area contributed by atoms with Gasteiger partial charge in [0.15, 0.2) is 11.0 Å². The fraction of sp³-hybridized carbons (Fsp3) is 0.318. The summed E-state index contributed by atoms with van der Waals surface area (Å²) in [5.74, 6) is 1.57. The molecular weight excluding hydrogens is 417 g/mol. The average Bonchev–Trinajstić information content (AvgIpc) is 3.18. The van der Waals surface area contributed by atoms with E-state index >= 15 is 0 Å². The van der Waals surface area contributed by atoms with E-state index in [2.05, 4.69) is 15.1 Å². The van der Waals surface area contributed by atoms with Crippen molar-refractivity contribution in [2.45, 2.75) is 5.16 Å². The number of ether oxygens (including phenoxy) is 1. The van der Waals surface area contributed by atoms with Crippen molar-refractivity contribution in [2.24, 2.45) is 7.05 Å². The Morgan fingerprint density at radius 3 is 2.35 bits per heavy atom. The fourth-order valence-corrected chi connectivity index (χ4v) is 4.33. The minimum absolute atomic E-state index is 0.0886. The number of carbonyl (C=O) groups excluding carboxylic acids is 1.